The van der Waals surface area contributed by atoms with Gasteiger partial charge >= 0.3 is 0 Å². The van der Waals surface area contributed by atoms with Crippen LogP contribution in [0.2, 0.25) is 0 Å². The van der Waals surface area contributed by atoms with E-state index in [1.54, 1.807) is 0 Å². The Kier molecular flexibility index (Phi) is 4.02. The van der Waals surface area contributed by atoms with E-state index >= 15 is 0 Å². The minimum atomic E-state index is 0.515. The molecular formula is C18H20OS. The summed E-state index contributed by atoms with van der Waals surface area (Å²) in [5.41, 5.74) is 2.80. The lowest BCUT2D eigenvalue weighted by atomic mass is 10.0. The van der Waals surface area contributed by atoms with Gasteiger partial charge in [-0.3, -0.25) is 0 Å². The third kappa shape index (κ3) is 2.85. The van der Waals surface area contributed by atoms with Crippen molar-refractivity contribution in [1.82, 2.24) is 0 Å². The van der Waals surface area contributed by atoms with E-state index < -0.39 is 0 Å². The summed E-state index contributed by atoms with van der Waals surface area (Å²) in [5, 5.41) is 0. The Morgan fingerprint density at radius 3 is 2.60 bits per heavy atom. The van der Waals surface area contributed by atoms with Crippen molar-refractivity contribution < 1.29 is 4.74 Å². The molecule has 0 spiro atoms. The lowest BCUT2D eigenvalue weighted by Crippen LogP contribution is -2.09. The first-order valence-electron chi connectivity index (χ1n) is 7.18. The molecule has 2 heteroatoms. The average molecular weight is 284 g/mol. The standard InChI is InChI=1S/C18H20OS/c1-13(2)14-7-9-16(10-8-14)19-11-15-12-20-18-6-4-3-5-17(15)18/h3-10,13,15H,11-12H2,1-2H3. The molecule has 20 heavy (non-hydrogen) atoms. The van der Waals surface area contributed by atoms with E-state index in [-0.39, 0.29) is 0 Å². The summed E-state index contributed by atoms with van der Waals surface area (Å²) in [6.07, 6.45) is 0. The minimum absolute atomic E-state index is 0.515. The molecule has 0 aliphatic carbocycles. The highest BCUT2D eigenvalue weighted by atomic mass is 32.2. The van der Waals surface area contributed by atoms with Crippen LogP contribution in [0.1, 0.15) is 36.8 Å². The van der Waals surface area contributed by atoms with Crippen LogP contribution in [-0.4, -0.2) is 12.4 Å². The van der Waals surface area contributed by atoms with Crippen LogP contribution in [0.25, 0.3) is 0 Å². The minimum Gasteiger partial charge on any atom is -0.493 e. The van der Waals surface area contributed by atoms with Crippen LogP contribution in [0.4, 0.5) is 0 Å². The second-order valence-corrected chi connectivity index (χ2v) is 6.64. The summed E-state index contributed by atoms with van der Waals surface area (Å²) in [5.74, 6) is 3.19. The van der Waals surface area contributed by atoms with Crippen molar-refractivity contribution in [3.05, 3.63) is 59.7 Å². The monoisotopic (exact) mass is 284 g/mol. The molecule has 1 heterocycles. The van der Waals surface area contributed by atoms with E-state index in [1.807, 2.05) is 11.8 Å². The maximum absolute atomic E-state index is 5.97. The molecule has 1 atom stereocenters. The van der Waals surface area contributed by atoms with Crippen molar-refractivity contribution in [2.45, 2.75) is 30.6 Å². The summed E-state index contributed by atoms with van der Waals surface area (Å²) in [6.45, 7) is 5.19. The number of rotatable bonds is 4. The van der Waals surface area contributed by atoms with E-state index in [9.17, 15) is 0 Å². The van der Waals surface area contributed by atoms with Gasteiger partial charge in [-0.15, -0.1) is 11.8 Å². The Bertz CT molecular complexity index is 574. The van der Waals surface area contributed by atoms with Crippen LogP contribution in [0.15, 0.2) is 53.4 Å². The lowest BCUT2D eigenvalue weighted by Gasteiger charge is -2.13. The van der Waals surface area contributed by atoms with Crippen LogP contribution >= 0.6 is 11.8 Å². The van der Waals surface area contributed by atoms with Gasteiger partial charge in [0.2, 0.25) is 0 Å². The van der Waals surface area contributed by atoms with Gasteiger partial charge < -0.3 is 4.74 Å². The SMILES string of the molecule is CC(C)c1ccc(OCC2CSc3ccccc32)cc1. The van der Waals surface area contributed by atoms with Gasteiger partial charge in [-0.25, -0.2) is 0 Å². The van der Waals surface area contributed by atoms with Crippen LogP contribution < -0.4 is 4.74 Å². The van der Waals surface area contributed by atoms with Crippen molar-refractivity contribution in [3.8, 4) is 5.75 Å². The summed E-state index contributed by atoms with van der Waals surface area (Å²) >= 11 is 1.94. The van der Waals surface area contributed by atoms with E-state index in [0.29, 0.717) is 11.8 Å². The first-order valence-corrected chi connectivity index (χ1v) is 8.17. The molecule has 2 aromatic carbocycles. The zero-order chi connectivity index (χ0) is 13.9. The van der Waals surface area contributed by atoms with Gasteiger partial charge in [0.15, 0.2) is 0 Å². The summed E-state index contributed by atoms with van der Waals surface area (Å²) in [6, 6.07) is 17.2. The van der Waals surface area contributed by atoms with Crippen molar-refractivity contribution in [2.24, 2.45) is 0 Å². The molecule has 1 aliphatic heterocycles. The summed E-state index contributed by atoms with van der Waals surface area (Å²) < 4.78 is 5.97. The molecule has 1 nitrogen and oxygen atoms in total. The van der Waals surface area contributed by atoms with Crippen LogP contribution in [0.5, 0.6) is 5.75 Å². The molecular weight excluding hydrogens is 264 g/mol. The van der Waals surface area contributed by atoms with E-state index in [0.717, 1.165) is 18.1 Å². The first-order chi connectivity index (χ1) is 9.74. The smallest absolute Gasteiger partial charge is 0.119 e. The number of thioether (sulfide) groups is 1. The molecule has 1 unspecified atom stereocenters. The Balaban J connectivity index is 1.63. The zero-order valence-corrected chi connectivity index (χ0v) is 12.8. The molecule has 104 valence electrons. The Labute approximate surface area is 125 Å². The van der Waals surface area contributed by atoms with Crippen LogP contribution in [-0.2, 0) is 0 Å². The molecule has 3 rings (SSSR count). The van der Waals surface area contributed by atoms with Gasteiger partial charge in [-0.05, 0) is 35.2 Å². The van der Waals surface area contributed by atoms with Gasteiger partial charge in [0.1, 0.15) is 5.75 Å². The number of benzene rings is 2. The fourth-order valence-electron chi connectivity index (χ4n) is 2.51. The van der Waals surface area contributed by atoms with Crippen molar-refractivity contribution in [1.29, 1.82) is 0 Å². The number of ether oxygens (including phenoxy) is 1. The molecule has 0 saturated carbocycles. The number of hydrogen-bond acceptors (Lipinski definition) is 2. The largest absolute Gasteiger partial charge is 0.493 e. The van der Waals surface area contributed by atoms with Gasteiger partial charge in [-0.1, -0.05) is 44.2 Å². The fraction of sp³-hybridized carbons (Fsp3) is 0.333. The van der Waals surface area contributed by atoms with Gasteiger partial charge in [0.05, 0.1) is 6.61 Å². The maximum atomic E-state index is 5.97. The van der Waals surface area contributed by atoms with Crippen molar-refractivity contribution in [3.63, 3.8) is 0 Å². The van der Waals surface area contributed by atoms with Crippen LogP contribution in [0, 0.1) is 0 Å². The normalized spacial score (nSPS) is 17.2. The molecule has 0 bridgehead atoms. The molecule has 0 aromatic heterocycles. The molecule has 1 aliphatic rings. The predicted molar refractivity (Wildman–Crippen MR) is 85.9 cm³/mol. The average Bonchev–Trinajstić information content (AvgIpc) is 2.89. The summed E-state index contributed by atoms with van der Waals surface area (Å²) in [4.78, 5) is 1.41. The lowest BCUT2D eigenvalue weighted by molar-refractivity contribution is 0.298. The first kappa shape index (κ1) is 13.6. The number of hydrogen-bond donors (Lipinski definition) is 0. The summed E-state index contributed by atoms with van der Waals surface area (Å²) in [7, 11) is 0. The molecule has 0 saturated heterocycles. The Hall–Kier alpha value is -1.41. The second kappa shape index (κ2) is 5.92. The highest BCUT2D eigenvalue weighted by molar-refractivity contribution is 7.99. The topological polar surface area (TPSA) is 9.23 Å². The zero-order valence-electron chi connectivity index (χ0n) is 12.0. The molecule has 0 N–H and O–H groups in total. The predicted octanol–water partition coefficient (Wildman–Crippen LogP) is 5.08. The molecule has 0 amide bonds. The molecule has 0 radical (unpaired) electrons. The Morgan fingerprint density at radius 2 is 1.85 bits per heavy atom. The highest BCUT2D eigenvalue weighted by Gasteiger charge is 2.23. The van der Waals surface area contributed by atoms with Gasteiger partial charge in [0.25, 0.3) is 0 Å². The third-order valence-electron chi connectivity index (χ3n) is 3.80. The van der Waals surface area contributed by atoms with Crippen LogP contribution in [0.3, 0.4) is 0 Å². The van der Waals surface area contributed by atoms with E-state index in [1.165, 1.54) is 16.0 Å². The van der Waals surface area contributed by atoms with Gasteiger partial charge in [-0.2, -0.15) is 0 Å². The highest BCUT2D eigenvalue weighted by Crippen LogP contribution is 2.39. The Morgan fingerprint density at radius 1 is 1.10 bits per heavy atom. The van der Waals surface area contributed by atoms with Gasteiger partial charge in [0, 0.05) is 16.6 Å². The van der Waals surface area contributed by atoms with Crippen molar-refractivity contribution in [2.75, 3.05) is 12.4 Å². The number of fused-ring (bicyclic) bond motifs is 1. The van der Waals surface area contributed by atoms with E-state index in [2.05, 4.69) is 62.4 Å². The maximum Gasteiger partial charge on any atom is 0.119 e. The van der Waals surface area contributed by atoms with E-state index in [4.69, 9.17) is 4.74 Å². The quantitative estimate of drug-likeness (QED) is 0.774. The fourth-order valence-corrected chi connectivity index (χ4v) is 3.75. The third-order valence-corrected chi connectivity index (χ3v) is 5.05. The second-order valence-electron chi connectivity index (χ2n) is 5.58. The molecule has 2 aromatic rings. The van der Waals surface area contributed by atoms with Crippen molar-refractivity contribution >= 4 is 11.8 Å². The molecule has 0 fully saturated rings.